The van der Waals surface area contributed by atoms with E-state index in [2.05, 4.69) is 15.5 Å². The van der Waals surface area contributed by atoms with Crippen LogP contribution in [0.25, 0.3) is 11.5 Å². The lowest BCUT2D eigenvalue weighted by Gasteiger charge is -2.05. The maximum atomic E-state index is 12.1. The Hall–Kier alpha value is -3.35. The maximum Gasteiger partial charge on any atom is 0.247 e. The quantitative estimate of drug-likeness (QED) is 0.723. The predicted octanol–water partition coefficient (Wildman–Crippen LogP) is 3.02. The Kier molecular flexibility index (Phi) is 4.74. The molecule has 0 aliphatic carbocycles. The Bertz CT molecular complexity index is 967. The summed E-state index contributed by atoms with van der Waals surface area (Å²) in [5, 5.41) is 11.0. The number of nitrogens with one attached hydrogen (secondary N) is 1. The summed E-state index contributed by atoms with van der Waals surface area (Å²) < 4.78 is 16.3. The van der Waals surface area contributed by atoms with Crippen LogP contribution in [0, 0.1) is 6.92 Å². The van der Waals surface area contributed by atoms with E-state index in [9.17, 15) is 4.79 Å². The van der Waals surface area contributed by atoms with Crippen molar-refractivity contribution in [1.29, 1.82) is 0 Å². The summed E-state index contributed by atoms with van der Waals surface area (Å²) in [6.45, 7) is 2.65. The van der Waals surface area contributed by atoms with Gasteiger partial charge in [0.05, 0.1) is 0 Å². The number of carbonyl (C=O) groups is 1. The van der Waals surface area contributed by atoms with Gasteiger partial charge in [-0.15, -0.1) is 10.2 Å². The summed E-state index contributed by atoms with van der Waals surface area (Å²) in [7, 11) is 0. The predicted molar refractivity (Wildman–Crippen MR) is 97.2 cm³/mol. The molecule has 0 saturated carbocycles. The largest absolute Gasteiger partial charge is 0.454 e. The molecule has 1 aliphatic heterocycles. The van der Waals surface area contributed by atoms with Crippen molar-refractivity contribution in [2.45, 2.75) is 26.3 Å². The van der Waals surface area contributed by atoms with Gasteiger partial charge in [0.1, 0.15) is 0 Å². The molecule has 1 N–H and O–H groups in total. The number of ether oxygens (including phenoxy) is 2. The summed E-state index contributed by atoms with van der Waals surface area (Å²) >= 11 is 0. The number of aryl methyl sites for hydroxylation is 2. The van der Waals surface area contributed by atoms with E-state index >= 15 is 0 Å². The minimum atomic E-state index is -0.0803. The zero-order valence-corrected chi connectivity index (χ0v) is 14.9. The van der Waals surface area contributed by atoms with Gasteiger partial charge in [-0.05, 0) is 36.2 Å². The molecule has 0 bridgehead atoms. The average molecular weight is 365 g/mol. The second-order valence-corrected chi connectivity index (χ2v) is 6.28. The Morgan fingerprint density at radius 1 is 1.11 bits per heavy atom. The number of nitrogens with zero attached hydrogens (tertiary/aromatic N) is 2. The third kappa shape index (κ3) is 3.92. The van der Waals surface area contributed by atoms with Crippen LogP contribution in [0.15, 0.2) is 46.9 Å². The van der Waals surface area contributed by atoms with E-state index < -0.39 is 0 Å². The molecular weight excluding hydrogens is 346 g/mol. The second kappa shape index (κ2) is 7.49. The van der Waals surface area contributed by atoms with Gasteiger partial charge in [0.15, 0.2) is 11.5 Å². The molecule has 0 fully saturated rings. The van der Waals surface area contributed by atoms with E-state index in [0.29, 0.717) is 30.5 Å². The third-order valence-electron chi connectivity index (χ3n) is 4.33. The normalized spacial score (nSPS) is 12.2. The monoisotopic (exact) mass is 365 g/mol. The average Bonchev–Trinajstić information content (AvgIpc) is 3.34. The first-order valence-electron chi connectivity index (χ1n) is 8.72. The third-order valence-corrected chi connectivity index (χ3v) is 4.33. The molecule has 4 rings (SSSR count). The van der Waals surface area contributed by atoms with Crippen molar-refractivity contribution in [1.82, 2.24) is 15.5 Å². The summed E-state index contributed by atoms with van der Waals surface area (Å²) in [5.41, 5.74) is 2.92. The Balaban J connectivity index is 1.29. The molecule has 0 saturated heterocycles. The molecule has 0 spiro atoms. The maximum absolute atomic E-state index is 12.1. The molecule has 27 heavy (non-hydrogen) atoms. The minimum Gasteiger partial charge on any atom is -0.454 e. The van der Waals surface area contributed by atoms with Gasteiger partial charge in [0, 0.05) is 24.9 Å². The lowest BCUT2D eigenvalue weighted by molar-refractivity contribution is -0.121. The molecular formula is C20H19N3O4. The number of carbonyl (C=O) groups excluding carboxylic acids is 1. The zero-order chi connectivity index (χ0) is 18.6. The molecule has 0 unspecified atom stereocenters. The van der Waals surface area contributed by atoms with Crippen molar-refractivity contribution in [2.24, 2.45) is 0 Å². The van der Waals surface area contributed by atoms with Crippen LogP contribution < -0.4 is 14.8 Å². The van der Waals surface area contributed by atoms with Crippen molar-refractivity contribution in [3.63, 3.8) is 0 Å². The molecule has 3 aromatic rings. The van der Waals surface area contributed by atoms with Crippen LogP contribution in [0.3, 0.4) is 0 Å². The van der Waals surface area contributed by atoms with E-state index in [1.165, 1.54) is 0 Å². The molecule has 1 aromatic heterocycles. The summed E-state index contributed by atoms with van der Waals surface area (Å²) in [4.78, 5) is 12.1. The van der Waals surface area contributed by atoms with Crippen molar-refractivity contribution < 1.29 is 18.7 Å². The van der Waals surface area contributed by atoms with Crippen molar-refractivity contribution in [3.05, 3.63) is 59.5 Å². The Morgan fingerprint density at radius 3 is 2.85 bits per heavy atom. The number of hydrogen-bond acceptors (Lipinski definition) is 6. The van der Waals surface area contributed by atoms with Gasteiger partial charge < -0.3 is 19.2 Å². The summed E-state index contributed by atoms with van der Waals surface area (Å²) in [5.74, 6) is 2.28. The molecule has 7 nitrogen and oxygen atoms in total. The first kappa shape index (κ1) is 17.1. The number of rotatable bonds is 6. The topological polar surface area (TPSA) is 86.5 Å². The van der Waals surface area contributed by atoms with Crippen LogP contribution in [-0.4, -0.2) is 22.9 Å². The molecule has 138 valence electrons. The molecule has 1 aliphatic rings. The van der Waals surface area contributed by atoms with E-state index in [1.54, 1.807) is 0 Å². The molecule has 7 heteroatoms. The number of aromatic nitrogens is 2. The summed E-state index contributed by atoms with van der Waals surface area (Å²) in [6, 6.07) is 13.4. The van der Waals surface area contributed by atoms with E-state index in [0.717, 1.165) is 22.4 Å². The highest BCUT2D eigenvalue weighted by Crippen LogP contribution is 2.32. The fraction of sp³-hybridized carbons (Fsp3) is 0.250. The van der Waals surface area contributed by atoms with E-state index in [4.69, 9.17) is 13.9 Å². The molecule has 0 radical (unpaired) electrons. The van der Waals surface area contributed by atoms with Gasteiger partial charge in [-0.2, -0.15) is 0 Å². The lowest BCUT2D eigenvalue weighted by atomic mass is 10.1. The van der Waals surface area contributed by atoms with Gasteiger partial charge >= 0.3 is 0 Å². The number of benzene rings is 2. The van der Waals surface area contributed by atoms with Crippen LogP contribution in [0.4, 0.5) is 0 Å². The highest BCUT2D eigenvalue weighted by Gasteiger charge is 2.14. The molecule has 2 aromatic carbocycles. The fourth-order valence-electron chi connectivity index (χ4n) is 2.84. The van der Waals surface area contributed by atoms with Crippen molar-refractivity contribution in [2.75, 3.05) is 6.79 Å². The van der Waals surface area contributed by atoms with E-state index in [1.807, 2.05) is 49.4 Å². The lowest BCUT2D eigenvalue weighted by Crippen LogP contribution is -2.23. The fourth-order valence-corrected chi connectivity index (χ4v) is 2.84. The van der Waals surface area contributed by atoms with Crippen LogP contribution in [0.2, 0.25) is 0 Å². The highest BCUT2D eigenvalue weighted by molar-refractivity contribution is 5.76. The van der Waals surface area contributed by atoms with Crippen molar-refractivity contribution in [3.8, 4) is 23.0 Å². The van der Waals surface area contributed by atoms with Gasteiger partial charge in [-0.3, -0.25) is 4.79 Å². The number of fused-ring (bicyclic) bond motifs is 1. The van der Waals surface area contributed by atoms with Gasteiger partial charge in [0.25, 0.3) is 0 Å². The minimum absolute atomic E-state index is 0.0803. The Morgan fingerprint density at radius 2 is 1.96 bits per heavy atom. The van der Waals surface area contributed by atoms with E-state index in [-0.39, 0.29) is 19.1 Å². The molecule has 2 heterocycles. The smallest absolute Gasteiger partial charge is 0.247 e. The van der Waals surface area contributed by atoms with Gasteiger partial charge in [-0.1, -0.05) is 24.3 Å². The number of hydrogen-bond donors (Lipinski definition) is 1. The van der Waals surface area contributed by atoms with Crippen molar-refractivity contribution >= 4 is 5.91 Å². The summed E-state index contributed by atoms with van der Waals surface area (Å²) in [6.07, 6.45) is 0.672. The zero-order valence-electron chi connectivity index (χ0n) is 14.9. The second-order valence-electron chi connectivity index (χ2n) is 6.28. The standard InChI is InChI=1S/C20H19N3O4/c1-13-4-2-3-5-15(13)20-23-22-19(27-20)9-8-18(24)21-11-14-6-7-16-17(10-14)26-12-25-16/h2-7,10H,8-9,11-12H2,1H3,(H,21,24). The van der Waals surface area contributed by atoms with Gasteiger partial charge in [0.2, 0.25) is 24.5 Å². The van der Waals surface area contributed by atoms with Gasteiger partial charge in [-0.25, -0.2) is 0 Å². The Labute approximate surface area is 156 Å². The molecule has 0 atom stereocenters. The van der Waals surface area contributed by atoms with Crippen LogP contribution in [-0.2, 0) is 17.8 Å². The molecule has 1 amide bonds. The van der Waals surface area contributed by atoms with Crippen LogP contribution in [0.1, 0.15) is 23.4 Å². The first-order chi connectivity index (χ1) is 13.2. The highest BCUT2D eigenvalue weighted by atomic mass is 16.7. The van der Waals surface area contributed by atoms with Crippen LogP contribution in [0.5, 0.6) is 11.5 Å². The van der Waals surface area contributed by atoms with Crippen LogP contribution >= 0.6 is 0 Å². The number of amides is 1. The first-order valence-corrected chi connectivity index (χ1v) is 8.72. The SMILES string of the molecule is Cc1ccccc1-c1nnc(CCC(=O)NCc2ccc3c(c2)OCO3)o1.